The van der Waals surface area contributed by atoms with Crippen molar-refractivity contribution in [1.29, 1.82) is 0 Å². The third kappa shape index (κ3) is 4.22. The van der Waals surface area contributed by atoms with E-state index in [0.717, 1.165) is 11.1 Å². The molecule has 4 rings (SSSR count). The van der Waals surface area contributed by atoms with Gasteiger partial charge in [-0.05, 0) is 29.8 Å². The fourth-order valence-corrected chi connectivity index (χ4v) is 3.57. The summed E-state index contributed by atoms with van der Waals surface area (Å²) in [5.41, 5.74) is 4.23. The molecule has 2 N–H and O–H groups in total. The van der Waals surface area contributed by atoms with E-state index in [2.05, 4.69) is 15.8 Å². The van der Waals surface area contributed by atoms with Crippen LogP contribution >= 0.6 is 11.6 Å². The Morgan fingerprint density at radius 1 is 1.14 bits per heavy atom. The van der Waals surface area contributed by atoms with Gasteiger partial charge in [-0.25, -0.2) is 5.43 Å². The summed E-state index contributed by atoms with van der Waals surface area (Å²) in [7, 11) is 0. The first kappa shape index (κ1) is 19.0. The monoisotopic (exact) mass is 407 g/mol. The summed E-state index contributed by atoms with van der Waals surface area (Å²) in [6.07, 6.45) is 1.40. The average molecular weight is 408 g/mol. The van der Waals surface area contributed by atoms with E-state index in [0.29, 0.717) is 23.1 Å². The van der Waals surface area contributed by atoms with E-state index < -0.39 is 11.8 Å². The molecule has 29 heavy (non-hydrogen) atoms. The van der Waals surface area contributed by atoms with Crippen LogP contribution in [0.25, 0.3) is 11.3 Å². The van der Waals surface area contributed by atoms with Crippen molar-refractivity contribution < 1.29 is 14.0 Å². The first-order chi connectivity index (χ1) is 14.1. The van der Waals surface area contributed by atoms with Crippen LogP contribution in [0.3, 0.4) is 0 Å². The molecule has 0 aliphatic carbocycles. The summed E-state index contributed by atoms with van der Waals surface area (Å²) in [4.78, 5) is 24.7. The Morgan fingerprint density at radius 2 is 1.97 bits per heavy atom. The number of hydrogen-bond acceptors (Lipinski definition) is 4. The molecule has 1 saturated heterocycles. The van der Waals surface area contributed by atoms with Crippen molar-refractivity contribution in [3.05, 3.63) is 83.1 Å². The predicted octanol–water partition coefficient (Wildman–Crippen LogP) is 3.58. The Labute approximate surface area is 172 Å². The first-order valence-electron chi connectivity index (χ1n) is 9.13. The molecule has 1 aromatic heterocycles. The Morgan fingerprint density at radius 3 is 2.76 bits per heavy atom. The molecule has 7 heteroatoms. The molecule has 0 radical (unpaired) electrons. The lowest BCUT2D eigenvalue weighted by atomic mass is 9.88. The van der Waals surface area contributed by atoms with Crippen LogP contribution in [0.1, 0.15) is 17.2 Å². The normalized spacial score (nSPS) is 18.7. The maximum Gasteiger partial charge on any atom is 0.253 e. The summed E-state index contributed by atoms with van der Waals surface area (Å²) in [6.45, 7) is 0.422. The third-order valence-electron chi connectivity index (χ3n) is 4.79. The van der Waals surface area contributed by atoms with E-state index >= 15 is 0 Å². The van der Waals surface area contributed by atoms with Gasteiger partial charge < -0.3 is 9.73 Å². The Kier molecular flexibility index (Phi) is 5.44. The lowest BCUT2D eigenvalue weighted by Crippen LogP contribution is -2.34. The van der Waals surface area contributed by atoms with Crippen molar-refractivity contribution in [2.45, 2.75) is 5.92 Å². The minimum atomic E-state index is -0.826. The number of amides is 2. The highest BCUT2D eigenvalue weighted by Gasteiger charge is 2.40. The number of furan rings is 1. The molecule has 2 atom stereocenters. The highest BCUT2D eigenvalue weighted by atomic mass is 35.5. The van der Waals surface area contributed by atoms with Gasteiger partial charge in [0.25, 0.3) is 5.91 Å². The van der Waals surface area contributed by atoms with Gasteiger partial charge in [0.1, 0.15) is 17.4 Å². The van der Waals surface area contributed by atoms with Crippen molar-refractivity contribution in [2.75, 3.05) is 6.54 Å². The standard InChI is InChI=1S/C22H18ClN3O3/c23-16-8-4-7-15(11-16)19-10-9-17(29-19)12-25-26-22(28)20-18(13-24-21(20)27)14-5-2-1-3-6-14/h1-12,18,20H,13H2,(H,24,27)(H,26,28)/b25-12+/t18-,20+/m0/s1. The van der Waals surface area contributed by atoms with Gasteiger partial charge >= 0.3 is 0 Å². The number of nitrogens with one attached hydrogen (secondary N) is 2. The summed E-state index contributed by atoms with van der Waals surface area (Å²) in [5, 5.41) is 7.32. The van der Waals surface area contributed by atoms with Crippen LogP contribution in [0.2, 0.25) is 5.02 Å². The maximum atomic E-state index is 12.6. The first-order valence-corrected chi connectivity index (χ1v) is 9.51. The SMILES string of the molecule is O=C1NC[C@@H](c2ccccc2)[C@H]1C(=O)N/N=C/c1ccc(-c2cccc(Cl)c2)o1. The minimum Gasteiger partial charge on any atom is -0.455 e. The Hall–Kier alpha value is -3.38. The fourth-order valence-electron chi connectivity index (χ4n) is 3.38. The molecule has 0 spiro atoms. The zero-order chi connectivity index (χ0) is 20.2. The van der Waals surface area contributed by atoms with Gasteiger partial charge in [0.05, 0.1) is 6.21 Å². The highest BCUT2D eigenvalue weighted by molar-refractivity contribution is 6.30. The second-order valence-electron chi connectivity index (χ2n) is 6.69. The van der Waals surface area contributed by atoms with Gasteiger partial charge in [0.15, 0.2) is 0 Å². The van der Waals surface area contributed by atoms with E-state index in [1.807, 2.05) is 42.5 Å². The summed E-state index contributed by atoms with van der Waals surface area (Å²) < 4.78 is 5.71. The van der Waals surface area contributed by atoms with Gasteiger partial charge in [-0.1, -0.05) is 54.1 Å². The van der Waals surface area contributed by atoms with Gasteiger partial charge in [0.2, 0.25) is 5.91 Å². The molecule has 1 aliphatic heterocycles. The van der Waals surface area contributed by atoms with Crippen LogP contribution in [-0.2, 0) is 9.59 Å². The van der Waals surface area contributed by atoms with Gasteiger partial charge in [-0.2, -0.15) is 5.10 Å². The molecule has 1 aliphatic rings. The van der Waals surface area contributed by atoms with Gasteiger partial charge in [-0.15, -0.1) is 0 Å². The topological polar surface area (TPSA) is 83.7 Å². The second-order valence-corrected chi connectivity index (χ2v) is 7.12. The number of rotatable bonds is 5. The molecule has 1 fully saturated rings. The fraction of sp³-hybridized carbons (Fsp3) is 0.136. The summed E-state index contributed by atoms with van der Waals surface area (Å²) in [5.74, 6) is -0.694. The number of halogens is 1. The van der Waals surface area contributed by atoms with Crippen LogP contribution in [0.4, 0.5) is 0 Å². The van der Waals surface area contributed by atoms with Crippen molar-refractivity contribution in [1.82, 2.24) is 10.7 Å². The Bertz CT molecular complexity index is 1060. The molecule has 0 saturated carbocycles. The molecule has 2 amide bonds. The molecular weight excluding hydrogens is 390 g/mol. The zero-order valence-electron chi connectivity index (χ0n) is 15.3. The lowest BCUT2D eigenvalue weighted by molar-refractivity contribution is -0.133. The lowest BCUT2D eigenvalue weighted by Gasteiger charge is -2.15. The summed E-state index contributed by atoms with van der Waals surface area (Å²) in [6, 6.07) is 20.3. The van der Waals surface area contributed by atoms with E-state index in [4.69, 9.17) is 16.0 Å². The van der Waals surface area contributed by atoms with Crippen LogP contribution in [0, 0.1) is 5.92 Å². The number of hydrogen-bond donors (Lipinski definition) is 2. The maximum absolute atomic E-state index is 12.6. The van der Waals surface area contributed by atoms with Crippen molar-refractivity contribution in [2.24, 2.45) is 11.0 Å². The van der Waals surface area contributed by atoms with Crippen LogP contribution in [0.15, 0.2) is 76.2 Å². The van der Waals surface area contributed by atoms with E-state index in [1.165, 1.54) is 6.21 Å². The minimum absolute atomic E-state index is 0.225. The molecule has 2 aromatic carbocycles. The van der Waals surface area contributed by atoms with E-state index in [-0.39, 0.29) is 11.8 Å². The molecule has 3 aromatic rings. The van der Waals surface area contributed by atoms with Crippen molar-refractivity contribution in [3.63, 3.8) is 0 Å². The third-order valence-corrected chi connectivity index (χ3v) is 5.03. The largest absolute Gasteiger partial charge is 0.455 e. The summed E-state index contributed by atoms with van der Waals surface area (Å²) >= 11 is 6.00. The van der Waals surface area contributed by atoms with Gasteiger partial charge in [-0.3, -0.25) is 9.59 Å². The highest BCUT2D eigenvalue weighted by Crippen LogP contribution is 2.29. The molecule has 146 valence electrons. The molecule has 2 heterocycles. The number of benzene rings is 2. The van der Waals surface area contributed by atoms with Gasteiger partial charge in [0, 0.05) is 23.0 Å². The predicted molar refractivity (Wildman–Crippen MR) is 111 cm³/mol. The molecule has 6 nitrogen and oxygen atoms in total. The van der Waals surface area contributed by atoms with E-state index in [9.17, 15) is 9.59 Å². The average Bonchev–Trinajstić information content (AvgIpc) is 3.35. The van der Waals surface area contributed by atoms with Crippen LogP contribution < -0.4 is 10.7 Å². The number of carbonyl (C=O) groups is 2. The zero-order valence-corrected chi connectivity index (χ0v) is 16.1. The van der Waals surface area contributed by atoms with Crippen molar-refractivity contribution in [3.8, 4) is 11.3 Å². The van der Waals surface area contributed by atoms with Crippen molar-refractivity contribution >= 4 is 29.6 Å². The van der Waals surface area contributed by atoms with E-state index in [1.54, 1.807) is 24.3 Å². The quantitative estimate of drug-likeness (QED) is 0.385. The smallest absolute Gasteiger partial charge is 0.253 e. The number of nitrogens with zero attached hydrogens (tertiary/aromatic N) is 1. The molecular formula is C22H18ClN3O3. The number of carbonyl (C=O) groups excluding carboxylic acids is 2. The molecule has 0 unspecified atom stereocenters. The second kappa shape index (κ2) is 8.32. The van der Waals surface area contributed by atoms with Crippen LogP contribution in [-0.4, -0.2) is 24.6 Å². The number of hydrazone groups is 1. The Balaban J connectivity index is 1.43. The molecule has 0 bridgehead atoms. The van der Waals surface area contributed by atoms with Crippen LogP contribution in [0.5, 0.6) is 0 Å².